The summed E-state index contributed by atoms with van der Waals surface area (Å²) in [4.78, 5) is 8.30. The monoisotopic (exact) mass is 278 g/mol. The molecular formula is C13H18N4O3. The molecule has 1 saturated heterocycles. The number of hydrogen-bond acceptors (Lipinski definition) is 6. The van der Waals surface area contributed by atoms with Crippen LogP contribution in [0.3, 0.4) is 0 Å². The molecule has 7 heteroatoms. The number of fused-ring (bicyclic) bond motifs is 1. The Hall–Kier alpha value is -1.70. The Bertz CT molecular complexity index is 627. The summed E-state index contributed by atoms with van der Waals surface area (Å²) in [7, 11) is 1.52. The fourth-order valence-electron chi connectivity index (χ4n) is 2.84. The first-order chi connectivity index (χ1) is 9.63. The number of anilines is 1. The molecule has 20 heavy (non-hydrogen) atoms. The zero-order valence-corrected chi connectivity index (χ0v) is 11.5. The third-order valence-corrected chi connectivity index (χ3v) is 3.79. The minimum Gasteiger partial charge on any atom is -0.386 e. The summed E-state index contributed by atoms with van der Waals surface area (Å²) in [5, 5.41) is 11.2. The van der Waals surface area contributed by atoms with E-state index in [0.717, 1.165) is 16.7 Å². The van der Waals surface area contributed by atoms with E-state index in [1.807, 2.05) is 17.6 Å². The van der Waals surface area contributed by atoms with Crippen LogP contribution >= 0.6 is 0 Å². The lowest BCUT2D eigenvalue weighted by atomic mass is 10.0. The number of aliphatic hydroxyl groups excluding tert-OH is 1. The first kappa shape index (κ1) is 13.3. The van der Waals surface area contributed by atoms with Crippen LogP contribution in [0.1, 0.15) is 18.2 Å². The normalized spacial score (nSPS) is 27.1. The fraction of sp³-hybridized carbons (Fsp3) is 0.538. The summed E-state index contributed by atoms with van der Waals surface area (Å²) < 4.78 is 12.6. The molecule has 2 aromatic heterocycles. The van der Waals surface area contributed by atoms with Crippen LogP contribution in [-0.4, -0.2) is 45.8 Å². The molecule has 3 N–H and O–H groups in total. The van der Waals surface area contributed by atoms with E-state index < -0.39 is 12.4 Å². The number of nitrogens with two attached hydrogens (primary N) is 1. The zero-order valence-electron chi connectivity index (χ0n) is 11.5. The average Bonchev–Trinajstić information content (AvgIpc) is 2.77. The van der Waals surface area contributed by atoms with Crippen molar-refractivity contribution in [3.63, 3.8) is 0 Å². The number of methoxy groups -OCH3 is 1. The van der Waals surface area contributed by atoms with Crippen LogP contribution in [0.5, 0.6) is 0 Å². The smallest absolute Gasteiger partial charge is 0.185 e. The summed E-state index contributed by atoms with van der Waals surface area (Å²) in [6.07, 6.45) is 0.756. The number of aliphatic hydroxyl groups is 1. The quantitative estimate of drug-likeness (QED) is 0.836. The summed E-state index contributed by atoms with van der Waals surface area (Å²) in [5.74, 6) is 0.446. The number of nitrogen functional groups attached to an aromatic ring is 1. The van der Waals surface area contributed by atoms with Crippen LogP contribution in [0, 0.1) is 6.92 Å². The van der Waals surface area contributed by atoms with Gasteiger partial charge in [-0.15, -0.1) is 0 Å². The topological polar surface area (TPSA) is 95.4 Å². The van der Waals surface area contributed by atoms with Gasteiger partial charge in [0.15, 0.2) is 6.29 Å². The van der Waals surface area contributed by atoms with Crippen LogP contribution in [0.15, 0.2) is 12.4 Å². The molecule has 108 valence electrons. The van der Waals surface area contributed by atoms with E-state index in [1.54, 1.807) is 0 Å². The van der Waals surface area contributed by atoms with Gasteiger partial charge in [-0.25, -0.2) is 9.97 Å². The summed E-state index contributed by atoms with van der Waals surface area (Å²) in [6, 6.07) is 1.79. The van der Waals surface area contributed by atoms with Crippen molar-refractivity contribution < 1.29 is 14.6 Å². The second-order valence-corrected chi connectivity index (χ2v) is 4.97. The van der Waals surface area contributed by atoms with Crippen LogP contribution in [0.2, 0.25) is 0 Å². The summed E-state index contributed by atoms with van der Waals surface area (Å²) in [5.41, 5.74) is 7.59. The largest absolute Gasteiger partial charge is 0.386 e. The lowest BCUT2D eigenvalue weighted by Crippen LogP contribution is -2.43. The Balaban J connectivity index is 2.09. The summed E-state index contributed by atoms with van der Waals surface area (Å²) >= 11 is 0. The number of aryl methyl sites for hydroxylation is 1. The lowest BCUT2D eigenvalue weighted by molar-refractivity contribution is -0.215. The predicted octanol–water partition coefficient (Wildman–Crippen LogP) is 0.617. The maximum atomic E-state index is 10.4. The van der Waals surface area contributed by atoms with Crippen LogP contribution in [0.25, 0.3) is 11.0 Å². The van der Waals surface area contributed by atoms with E-state index >= 15 is 0 Å². The molecule has 0 radical (unpaired) electrons. The highest BCUT2D eigenvalue weighted by atomic mass is 16.7. The minimum atomic E-state index is -0.751. The molecule has 0 spiro atoms. The minimum absolute atomic E-state index is 0.152. The molecule has 7 nitrogen and oxygen atoms in total. The molecule has 0 amide bonds. The van der Waals surface area contributed by atoms with Crippen molar-refractivity contribution in [3.8, 4) is 0 Å². The third-order valence-electron chi connectivity index (χ3n) is 3.79. The molecule has 3 rings (SSSR count). The highest BCUT2D eigenvalue weighted by Crippen LogP contribution is 2.32. The SMILES string of the molecule is CO[C@H]1OCC[C@@H](n2c(C)cc3c(N)ncnc32)[C@H]1O. The van der Waals surface area contributed by atoms with E-state index in [2.05, 4.69) is 9.97 Å². The van der Waals surface area contributed by atoms with Gasteiger partial charge in [-0.3, -0.25) is 0 Å². The van der Waals surface area contributed by atoms with E-state index in [0.29, 0.717) is 18.8 Å². The van der Waals surface area contributed by atoms with Crippen molar-refractivity contribution in [1.82, 2.24) is 14.5 Å². The number of hydrogen-bond donors (Lipinski definition) is 2. The first-order valence-electron chi connectivity index (χ1n) is 6.54. The highest BCUT2D eigenvalue weighted by Gasteiger charge is 2.35. The molecule has 1 aliphatic heterocycles. The van der Waals surface area contributed by atoms with Crippen LogP contribution in [0.4, 0.5) is 5.82 Å². The van der Waals surface area contributed by atoms with Gasteiger partial charge in [-0.2, -0.15) is 0 Å². The molecular weight excluding hydrogens is 260 g/mol. The molecule has 1 aliphatic rings. The summed E-state index contributed by atoms with van der Waals surface area (Å²) in [6.45, 7) is 2.49. The standard InChI is InChI=1S/C13H18N4O3/c1-7-5-8-11(14)15-6-16-12(8)17(7)9-3-4-20-13(19-2)10(9)18/h5-6,9-10,13,18H,3-4H2,1-2H3,(H2,14,15,16)/t9-,10-,13+/m1/s1. The Kier molecular flexibility index (Phi) is 3.33. The van der Waals surface area contributed by atoms with Crippen molar-refractivity contribution in [2.45, 2.75) is 31.8 Å². The molecule has 2 aromatic rings. The van der Waals surface area contributed by atoms with Crippen LogP contribution in [-0.2, 0) is 9.47 Å². The van der Waals surface area contributed by atoms with E-state index in [4.69, 9.17) is 15.2 Å². The number of rotatable bonds is 2. The maximum Gasteiger partial charge on any atom is 0.185 e. The lowest BCUT2D eigenvalue weighted by Gasteiger charge is -2.35. The number of nitrogens with zero attached hydrogens (tertiary/aromatic N) is 3. The second kappa shape index (κ2) is 5.01. The van der Waals surface area contributed by atoms with Gasteiger partial charge < -0.3 is 24.9 Å². The van der Waals surface area contributed by atoms with Gasteiger partial charge in [-0.05, 0) is 19.4 Å². The van der Waals surface area contributed by atoms with Gasteiger partial charge in [-0.1, -0.05) is 0 Å². The number of ether oxygens (including phenoxy) is 2. The third kappa shape index (κ3) is 1.94. The zero-order chi connectivity index (χ0) is 14.3. The van der Waals surface area contributed by atoms with Crippen molar-refractivity contribution in [2.75, 3.05) is 19.5 Å². The van der Waals surface area contributed by atoms with Gasteiger partial charge in [0.05, 0.1) is 18.0 Å². The van der Waals surface area contributed by atoms with Gasteiger partial charge in [0.25, 0.3) is 0 Å². The molecule has 0 saturated carbocycles. The predicted molar refractivity (Wildman–Crippen MR) is 73.1 cm³/mol. The molecule has 0 aliphatic carbocycles. The number of aromatic nitrogens is 3. The Morgan fingerprint density at radius 1 is 1.50 bits per heavy atom. The van der Waals surface area contributed by atoms with E-state index in [1.165, 1.54) is 13.4 Å². The average molecular weight is 278 g/mol. The van der Waals surface area contributed by atoms with Crippen molar-refractivity contribution in [1.29, 1.82) is 0 Å². The van der Waals surface area contributed by atoms with Crippen molar-refractivity contribution >= 4 is 16.9 Å². The Labute approximate surface area is 116 Å². The fourth-order valence-corrected chi connectivity index (χ4v) is 2.84. The second-order valence-electron chi connectivity index (χ2n) is 4.97. The van der Waals surface area contributed by atoms with E-state index in [-0.39, 0.29) is 6.04 Å². The molecule has 3 atom stereocenters. The van der Waals surface area contributed by atoms with E-state index in [9.17, 15) is 5.11 Å². The van der Waals surface area contributed by atoms with Gasteiger partial charge in [0, 0.05) is 12.8 Å². The van der Waals surface area contributed by atoms with Crippen molar-refractivity contribution in [2.24, 2.45) is 0 Å². The first-order valence-corrected chi connectivity index (χ1v) is 6.54. The van der Waals surface area contributed by atoms with Gasteiger partial charge in [0.1, 0.15) is 23.9 Å². The molecule has 0 unspecified atom stereocenters. The maximum absolute atomic E-state index is 10.4. The Morgan fingerprint density at radius 2 is 2.30 bits per heavy atom. The molecule has 0 aromatic carbocycles. The Morgan fingerprint density at radius 3 is 3.05 bits per heavy atom. The highest BCUT2D eigenvalue weighted by molar-refractivity contribution is 5.87. The van der Waals surface area contributed by atoms with Crippen molar-refractivity contribution in [3.05, 3.63) is 18.1 Å². The molecule has 0 bridgehead atoms. The van der Waals surface area contributed by atoms with Gasteiger partial charge in [0.2, 0.25) is 0 Å². The molecule has 3 heterocycles. The molecule has 1 fully saturated rings. The van der Waals surface area contributed by atoms with Gasteiger partial charge >= 0.3 is 0 Å². The van der Waals surface area contributed by atoms with Crippen LogP contribution < -0.4 is 5.73 Å².